The molecule has 0 saturated carbocycles. The van der Waals surface area contributed by atoms with Gasteiger partial charge in [0.25, 0.3) is 0 Å². The van der Waals surface area contributed by atoms with Crippen molar-refractivity contribution in [1.82, 2.24) is 4.98 Å². The third-order valence-corrected chi connectivity index (χ3v) is 9.02. The first kappa shape index (κ1) is 31.2. The lowest BCUT2D eigenvalue weighted by Crippen LogP contribution is -2.30. The largest absolute Gasteiger partial charge is 0.488 e. The average Bonchev–Trinajstić information content (AvgIpc) is 3.04. The van der Waals surface area contributed by atoms with Crippen LogP contribution in [-0.2, 0) is 5.41 Å². The zero-order valence-corrected chi connectivity index (χ0v) is 26.0. The predicted octanol–water partition coefficient (Wildman–Crippen LogP) is 11.4. The van der Waals surface area contributed by atoms with Gasteiger partial charge in [0.2, 0.25) is 0 Å². The van der Waals surface area contributed by atoms with Gasteiger partial charge in [-0.2, -0.15) is 0 Å². The summed E-state index contributed by atoms with van der Waals surface area (Å²) in [5, 5.41) is 0.729. The first-order chi connectivity index (χ1) is 20.9. The van der Waals surface area contributed by atoms with E-state index in [1.165, 1.54) is 6.07 Å². The summed E-state index contributed by atoms with van der Waals surface area (Å²) in [7, 11) is 0. The van der Waals surface area contributed by atoms with Crippen LogP contribution in [0.25, 0.3) is 44.4 Å². The van der Waals surface area contributed by atoms with Crippen molar-refractivity contribution in [1.29, 1.82) is 0 Å². The fraction of sp³-hybridized carbons (Fsp3) is 0.289. The molecule has 0 aliphatic rings. The molecule has 5 aromatic rings. The number of halogens is 4. The number of fused-ring (bicyclic) bond motifs is 1. The Bertz CT molecular complexity index is 1780. The lowest BCUT2D eigenvalue weighted by atomic mass is 9.80. The van der Waals surface area contributed by atoms with Gasteiger partial charge in [-0.25, -0.2) is 22.5 Å². The fourth-order valence-electron chi connectivity index (χ4n) is 5.41. The van der Waals surface area contributed by atoms with Crippen LogP contribution in [0.5, 0.6) is 5.75 Å². The molecular weight excluding hydrogens is 562 g/mol. The molecule has 0 N–H and O–H groups in total. The number of benzene rings is 4. The molecule has 0 aliphatic heterocycles. The van der Waals surface area contributed by atoms with Gasteiger partial charge in [-0.15, -0.1) is 0 Å². The Morgan fingerprint density at radius 1 is 0.636 bits per heavy atom. The third kappa shape index (κ3) is 5.70. The highest BCUT2D eigenvalue weighted by atomic mass is 19.2. The third-order valence-electron chi connectivity index (χ3n) is 9.02. The van der Waals surface area contributed by atoms with Crippen molar-refractivity contribution >= 4 is 10.9 Å². The molecule has 0 unspecified atom stereocenters. The van der Waals surface area contributed by atoms with Gasteiger partial charge in [0, 0.05) is 10.9 Å². The highest BCUT2D eigenvalue weighted by Crippen LogP contribution is 2.41. The van der Waals surface area contributed by atoms with Gasteiger partial charge < -0.3 is 4.74 Å². The molecule has 0 spiro atoms. The van der Waals surface area contributed by atoms with Crippen LogP contribution in [0.3, 0.4) is 0 Å². The van der Waals surface area contributed by atoms with Crippen LogP contribution in [0.15, 0.2) is 78.9 Å². The summed E-state index contributed by atoms with van der Waals surface area (Å²) < 4.78 is 68.3. The molecule has 44 heavy (non-hydrogen) atoms. The maximum atomic E-state index is 15.6. The van der Waals surface area contributed by atoms with Crippen LogP contribution in [0.1, 0.15) is 66.4 Å². The number of hydrogen-bond donors (Lipinski definition) is 0. The molecule has 0 amide bonds. The molecule has 0 bridgehead atoms. The molecule has 6 heteroatoms. The minimum atomic E-state index is -1.45. The molecule has 4 aromatic carbocycles. The van der Waals surface area contributed by atoms with E-state index in [2.05, 4.69) is 25.8 Å². The van der Waals surface area contributed by atoms with Crippen LogP contribution >= 0.6 is 0 Å². The molecule has 0 radical (unpaired) electrons. The standard InChI is InChI=1S/C38H37F4NO/c1-7-37(4,5)32-35(41)33(39)31(34(40)36(32)42)30-22-27(24-13-11-10-12-14-24)28-21-25(17-20-29(28)43-30)23-15-18-26(19-16-23)44-38(6,8-2)9-3/h10-22H,7-9H2,1-6H3. The Labute approximate surface area is 256 Å². The van der Waals surface area contributed by atoms with Crippen molar-refractivity contribution in [2.75, 3.05) is 0 Å². The number of aromatic nitrogens is 1. The average molecular weight is 600 g/mol. The summed E-state index contributed by atoms with van der Waals surface area (Å²) >= 11 is 0. The summed E-state index contributed by atoms with van der Waals surface area (Å²) in [4.78, 5) is 4.52. The van der Waals surface area contributed by atoms with Crippen molar-refractivity contribution < 1.29 is 22.3 Å². The van der Waals surface area contributed by atoms with E-state index in [0.29, 0.717) is 17.5 Å². The van der Waals surface area contributed by atoms with Gasteiger partial charge in [0.05, 0.1) is 16.8 Å². The van der Waals surface area contributed by atoms with E-state index in [4.69, 9.17) is 4.74 Å². The summed E-state index contributed by atoms with van der Waals surface area (Å²) in [6.07, 6.45) is 2.07. The second-order valence-electron chi connectivity index (χ2n) is 12.2. The SMILES string of the molecule is CCC(C)(CC)Oc1ccc(-c2ccc3nc(-c4c(F)c(F)c(C(C)(C)CC)c(F)c4F)cc(-c4ccccc4)c3c2)cc1. The molecule has 0 aliphatic carbocycles. The van der Waals surface area contributed by atoms with Gasteiger partial charge in [-0.05, 0) is 84.2 Å². The lowest BCUT2D eigenvalue weighted by Gasteiger charge is -2.28. The highest BCUT2D eigenvalue weighted by molar-refractivity contribution is 5.99. The van der Waals surface area contributed by atoms with E-state index in [1.54, 1.807) is 26.8 Å². The topological polar surface area (TPSA) is 22.1 Å². The first-order valence-corrected chi connectivity index (χ1v) is 15.1. The number of ether oxygens (including phenoxy) is 1. The van der Waals surface area contributed by atoms with Crippen LogP contribution in [0, 0.1) is 23.3 Å². The van der Waals surface area contributed by atoms with Crippen LogP contribution in [0.2, 0.25) is 0 Å². The van der Waals surface area contributed by atoms with Gasteiger partial charge in [0.15, 0.2) is 23.3 Å². The summed E-state index contributed by atoms with van der Waals surface area (Å²) in [6.45, 7) is 11.1. The molecule has 1 heterocycles. The molecule has 5 rings (SSSR count). The minimum absolute atomic E-state index is 0.186. The van der Waals surface area contributed by atoms with E-state index < -0.39 is 39.8 Å². The first-order valence-electron chi connectivity index (χ1n) is 15.1. The molecule has 1 aromatic heterocycles. The zero-order valence-electron chi connectivity index (χ0n) is 26.0. The van der Waals surface area contributed by atoms with Crippen molar-refractivity contribution in [3.63, 3.8) is 0 Å². The van der Waals surface area contributed by atoms with E-state index in [-0.39, 0.29) is 11.3 Å². The monoisotopic (exact) mass is 599 g/mol. The normalized spacial score (nSPS) is 12.1. The minimum Gasteiger partial charge on any atom is -0.488 e. The zero-order chi connectivity index (χ0) is 31.8. The van der Waals surface area contributed by atoms with Gasteiger partial charge in [0.1, 0.15) is 11.4 Å². The van der Waals surface area contributed by atoms with Crippen LogP contribution in [0.4, 0.5) is 17.6 Å². The smallest absolute Gasteiger partial charge is 0.171 e. The van der Waals surface area contributed by atoms with Crippen molar-refractivity contribution in [3.05, 3.63) is 108 Å². The Morgan fingerprint density at radius 3 is 1.80 bits per heavy atom. The molecule has 0 atom stereocenters. The lowest BCUT2D eigenvalue weighted by molar-refractivity contribution is 0.0803. The number of rotatable bonds is 9. The highest BCUT2D eigenvalue weighted by Gasteiger charge is 2.34. The second kappa shape index (κ2) is 12.1. The Hall–Kier alpha value is -4.19. The van der Waals surface area contributed by atoms with Gasteiger partial charge >= 0.3 is 0 Å². The van der Waals surface area contributed by atoms with Crippen molar-refractivity contribution in [3.8, 4) is 39.3 Å². The molecule has 228 valence electrons. The Kier molecular flexibility index (Phi) is 8.57. The second-order valence-corrected chi connectivity index (χ2v) is 12.2. The molecule has 0 fully saturated rings. The number of nitrogens with zero attached hydrogens (tertiary/aromatic N) is 1. The van der Waals surface area contributed by atoms with Crippen LogP contribution in [-0.4, -0.2) is 10.6 Å². The predicted molar refractivity (Wildman–Crippen MR) is 171 cm³/mol. The molecular formula is C38H37F4NO. The quantitative estimate of drug-likeness (QED) is 0.124. The van der Waals surface area contributed by atoms with Gasteiger partial charge in [-0.3, -0.25) is 0 Å². The summed E-state index contributed by atoms with van der Waals surface area (Å²) in [5.74, 6) is -4.90. The molecule has 0 saturated heterocycles. The number of pyridine rings is 1. The molecule has 2 nitrogen and oxygen atoms in total. The Balaban J connectivity index is 1.66. The van der Waals surface area contributed by atoms with Crippen LogP contribution < -0.4 is 4.74 Å². The summed E-state index contributed by atoms with van der Waals surface area (Å²) in [6, 6.07) is 24.3. The maximum absolute atomic E-state index is 15.6. The van der Waals surface area contributed by atoms with E-state index in [9.17, 15) is 0 Å². The van der Waals surface area contributed by atoms with E-state index in [0.717, 1.165) is 40.7 Å². The van der Waals surface area contributed by atoms with E-state index >= 15 is 17.6 Å². The van der Waals surface area contributed by atoms with Crippen molar-refractivity contribution in [2.24, 2.45) is 0 Å². The summed E-state index contributed by atoms with van der Waals surface area (Å²) in [5.41, 5.74) is 0.745. The van der Waals surface area contributed by atoms with E-state index in [1.807, 2.05) is 66.7 Å². The maximum Gasteiger partial charge on any atom is 0.171 e. The Morgan fingerprint density at radius 2 is 1.23 bits per heavy atom. The van der Waals surface area contributed by atoms with Gasteiger partial charge in [-0.1, -0.05) is 83.1 Å². The van der Waals surface area contributed by atoms with Crippen molar-refractivity contribution in [2.45, 2.75) is 71.8 Å². The number of hydrogen-bond acceptors (Lipinski definition) is 2. The fourth-order valence-corrected chi connectivity index (χ4v) is 5.41.